The Hall–Kier alpha value is 0.310. The summed E-state index contributed by atoms with van der Waals surface area (Å²) in [6.45, 7) is 2.19. The maximum atomic E-state index is 5.61. The normalized spacial score (nSPS) is 40.3. The van der Waals surface area contributed by atoms with Gasteiger partial charge in [0.1, 0.15) is 0 Å². The van der Waals surface area contributed by atoms with Gasteiger partial charge in [0.05, 0.1) is 0 Å². The van der Waals surface area contributed by atoms with E-state index in [2.05, 4.69) is 6.92 Å². The van der Waals surface area contributed by atoms with Crippen molar-refractivity contribution >= 4 is 11.8 Å². The Morgan fingerprint density at radius 2 is 2.57 bits per heavy atom. The fourth-order valence-corrected chi connectivity index (χ4v) is 1.69. The van der Waals surface area contributed by atoms with E-state index in [0.717, 1.165) is 5.25 Å². The smallest absolute Gasteiger partial charge is 0.0251 e. The molecular weight excluding hydrogens is 106 g/mol. The third kappa shape index (κ3) is 0.916. The highest BCUT2D eigenvalue weighted by Crippen LogP contribution is 2.28. The first-order valence-corrected chi connectivity index (χ1v) is 3.76. The number of hydrogen-bond donors (Lipinski definition) is 1. The number of nitrogens with two attached hydrogens (primary N) is 1. The zero-order chi connectivity index (χ0) is 5.28. The van der Waals surface area contributed by atoms with Crippen molar-refractivity contribution in [2.24, 2.45) is 5.73 Å². The van der Waals surface area contributed by atoms with Gasteiger partial charge in [0.25, 0.3) is 0 Å². The number of hydrogen-bond acceptors (Lipinski definition) is 2. The first-order chi connectivity index (χ1) is 3.34. The maximum Gasteiger partial charge on any atom is 0.0251 e. The van der Waals surface area contributed by atoms with Gasteiger partial charge in [0.2, 0.25) is 0 Å². The minimum Gasteiger partial charge on any atom is -0.326 e. The minimum atomic E-state index is 0.509. The molecule has 7 heavy (non-hydrogen) atoms. The van der Waals surface area contributed by atoms with Crippen LogP contribution in [-0.4, -0.2) is 17.0 Å². The van der Waals surface area contributed by atoms with Crippen LogP contribution in [0, 0.1) is 0 Å². The van der Waals surface area contributed by atoms with Crippen LogP contribution >= 0.6 is 11.8 Å². The van der Waals surface area contributed by atoms with E-state index in [4.69, 9.17) is 5.73 Å². The third-order valence-electron chi connectivity index (χ3n) is 1.38. The fraction of sp³-hybridized carbons (Fsp3) is 1.00. The van der Waals surface area contributed by atoms with Crippen molar-refractivity contribution in [3.8, 4) is 0 Å². The molecule has 0 spiro atoms. The second-order valence-electron chi connectivity index (χ2n) is 1.94. The summed E-state index contributed by atoms with van der Waals surface area (Å²) >= 11 is 1.99. The van der Waals surface area contributed by atoms with Crippen LogP contribution in [-0.2, 0) is 0 Å². The fourth-order valence-electron chi connectivity index (χ4n) is 0.764. The van der Waals surface area contributed by atoms with Gasteiger partial charge in [0.15, 0.2) is 0 Å². The standard InChI is InChI=1S/C5H11NS/c1-2-5-4(6)3-7-5/h4-5H,2-3,6H2,1H3. The average Bonchev–Trinajstić information content (AvgIpc) is 1.65. The van der Waals surface area contributed by atoms with Gasteiger partial charge in [-0.2, -0.15) is 11.8 Å². The van der Waals surface area contributed by atoms with Gasteiger partial charge in [-0.25, -0.2) is 0 Å². The van der Waals surface area contributed by atoms with Crippen molar-refractivity contribution in [1.29, 1.82) is 0 Å². The Kier molecular flexibility index (Phi) is 1.60. The summed E-state index contributed by atoms with van der Waals surface area (Å²) in [6.07, 6.45) is 1.24. The van der Waals surface area contributed by atoms with E-state index in [1.807, 2.05) is 11.8 Å². The van der Waals surface area contributed by atoms with Gasteiger partial charge < -0.3 is 5.73 Å². The first-order valence-electron chi connectivity index (χ1n) is 2.71. The van der Waals surface area contributed by atoms with Gasteiger partial charge in [-0.15, -0.1) is 0 Å². The van der Waals surface area contributed by atoms with Crippen molar-refractivity contribution in [3.63, 3.8) is 0 Å². The van der Waals surface area contributed by atoms with Crippen molar-refractivity contribution in [2.75, 3.05) is 5.75 Å². The highest BCUT2D eigenvalue weighted by molar-refractivity contribution is 8.01. The predicted molar refractivity (Wildman–Crippen MR) is 34.5 cm³/mol. The van der Waals surface area contributed by atoms with E-state index in [1.165, 1.54) is 12.2 Å². The minimum absolute atomic E-state index is 0.509. The molecular formula is C5H11NS. The maximum absolute atomic E-state index is 5.61. The lowest BCUT2D eigenvalue weighted by Gasteiger charge is -2.31. The van der Waals surface area contributed by atoms with E-state index >= 15 is 0 Å². The molecule has 2 N–H and O–H groups in total. The summed E-state index contributed by atoms with van der Waals surface area (Å²) in [5.74, 6) is 1.18. The molecule has 1 aliphatic heterocycles. The molecule has 0 saturated carbocycles. The Bertz CT molecular complexity index is 63.1. The van der Waals surface area contributed by atoms with E-state index in [-0.39, 0.29) is 0 Å². The summed E-state index contributed by atoms with van der Waals surface area (Å²) < 4.78 is 0. The van der Waals surface area contributed by atoms with Crippen LogP contribution in [0.5, 0.6) is 0 Å². The third-order valence-corrected chi connectivity index (χ3v) is 3.07. The van der Waals surface area contributed by atoms with Crippen LogP contribution in [0.4, 0.5) is 0 Å². The second kappa shape index (κ2) is 2.05. The second-order valence-corrected chi connectivity index (χ2v) is 3.22. The number of rotatable bonds is 1. The van der Waals surface area contributed by atoms with Crippen LogP contribution in [0.1, 0.15) is 13.3 Å². The zero-order valence-electron chi connectivity index (χ0n) is 4.55. The molecule has 1 heterocycles. The quantitative estimate of drug-likeness (QED) is 0.550. The van der Waals surface area contributed by atoms with Crippen LogP contribution in [0.15, 0.2) is 0 Å². The molecule has 2 atom stereocenters. The predicted octanol–water partition coefficient (Wildman–Crippen LogP) is 0.839. The SMILES string of the molecule is CCC1SCC1N. The van der Waals surface area contributed by atoms with E-state index in [1.54, 1.807) is 0 Å². The molecule has 1 rings (SSSR count). The van der Waals surface area contributed by atoms with Crippen molar-refractivity contribution in [1.82, 2.24) is 0 Å². The molecule has 0 aromatic carbocycles. The topological polar surface area (TPSA) is 26.0 Å². The van der Waals surface area contributed by atoms with E-state index in [9.17, 15) is 0 Å². The van der Waals surface area contributed by atoms with Crippen molar-refractivity contribution < 1.29 is 0 Å². The molecule has 2 unspecified atom stereocenters. The molecule has 0 bridgehead atoms. The molecule has 2 heteroatoms. The molecule has 1 saturated heterocycles. The molecule has 42 valence electrons. The average molecular weight is 117 g/mol. The highest BCUT2D eigenvalue weighted by Gasteiger charge is 2.25. The Balaban J connectivity index is 2.16. The van der Waals surface area contributed by atoms with Gasteiger partial charge in [-0.1, -0.05) is 6.92 Å². The van der Waals surface area contributed by atoms with E-state index < -0.39 is 0 Å². The van der Waals surface area contributed by atoms with E-state index in [0.29, 0.717) is 6.04 Å². The molecule has 0 amide bonds. The molecule has 0 aromatic heterocycles. The summed E-state index contributed by atoms with van der Waals surface area (Å²) in [7, 11) is 0. The molecule has 0 radical (unpaired) electrons. The monoisotopic (exact) mass is 117 g/mol. The Morgan fingerprint density at radius 1 is 1.86 bits per heavy atom. The Morgan fingerprint density at radius 3 is 2.57 bits per heavy atom. The molecule has 0 aliphatic carbocycles. The highest BCUT2D eigenvalue weighted by atomic mass is 32.2. The number of thioether (sulfide) groups is 1. The summed E-state index contributed by atoms with van der Waals surface area (Å²) in [5, 5.41) is 0.778. The summed E-state index contributed by atoms with van der Waals surface area (Å²) in [4.78, 5) is 0. The molecule has 0 aromatic rings. The largest absolute Gasteiger partial charge is 0.326 e. The molecule has 1 aliphatic rings. The lowest BCUT2D eigenvalue weighted by atomic mass is 10.2. The van der Waals surface area contributed by atoms with Crippen LogP contribution in [0.25, 0.3) is 0 Å². The summed E-state index contributed by atoms with van der Waals surface area (Å²) in [5.41, 5.74) is 5.61. The Labute approximate surface area is 48.7 Å². The first kappa shape index (κ1) is 5.45. The van der Waals surface area contributed by atoms with Gasteiger partial charge in [-0.05, 0) is 6.42 Å². The van der Waals surface area contributed by atoms with Crippen LogP contribution in [0.2, 0.25) is 0 Å². The van der Waals surface area contributed by atoms with Crippen LogP contribution in [0.3, 0.4) is 0 Å². The van der Waals surface area contributed by atoms with Crippen LogP contribution < -0.4 is 5.73 Å². The lowest BCUT2D eigenvalue weighted by Crippen LogP contribution is -2.43. The zero-order valence-corrected chi connectivity index (χ0v) is 5.37. The lowest BCUT2D eigenvalue weighted by molar-refractivity contribution is 0.639. The van der Waals surface area contributed by atoms with Crippen molar-refractivity contribution in [3.05, 3.63) is 0 Å². The summed E-state index contributed by atoms with van der Waals surface area (Å²) in [6, 6.07) is 0.509. The van der Waals surface area contributed by atoms with Crippen molar-refractivity contribution in [2.45, 2.75) is 24.6 Å². The van der Waals surface area contributed by atoms with Gasteiger partial charge in [-0.3, -0.25) is 0 Å². The van der Waals surface area contributed by atoms with Gasteiger partial charge in [0, 0.05) is 17.0 Å². The molecule has 1 nitrogen and oxygen atoms in total. The molecule has 1 fully saturated rings. The van der Waals surface area contributed by atoms with Gasteiger partial charge >= 0.3 is 0 Å².